The number of amides is 1. The molecule has 2 aromatic carbocycles. The molecule has 0 unspecified atom stereocenters. The van der Waals surface area contributed by atoms with Gasteiger partial charge in [-0.05, 0) is 39.7 Å². The van der Waals surface area contributed by atoms with Gasteiger partial charge in [-0.15, -0.1) is 0 Å². The molecule has 2 N–H and O–H groups in total. The second-order valence-corrected chi connectivity index (χ2v) is 5.02. The number of benzene rings is 2. The molecule has 0 bridgehead atoms. The third-order valence-electron chi connectivity index (χ3n) is 2.75. The summed E-state index contributed by atoms with van der Waals surface area (Å²) in [6, 6.07) is 13.7. The van der Waals surface area contributed by atoms with Crippen LogP contribution in [0.4, 0.5) is 5.69 Å². The van der Waals surface area contributed by atoms with Gasteiger partial charge >= 0.3 is 5.97 Å². The van der Waals surface area contributed by atoms with Gasteiger partial charge < -0.3 is 10.4 Å². The number of hydrogen-bond acceptors (Lipinski definition) is 2. The minimum atomic E-state index is -1.03. The predicted molar refractivity (Wildman–Crippen MR) is 79.9 cm³/mol. The Balaban J connectivity index is 2.13. The molecule has 5 heteroatoms. The van der Waals surface area contributed by atoms with Gasteiger partial charge in [-0.25, -0.2) is 4.79 Å². The molecule has 0 saturated carbocycles. The molecule has 102 valence electrons. The molecule has 2 aromatic rings. The Morgan fingerprint density at radius 1 is 1.05 bits per heavy atom. The highest BCUT2D eigenvalue weighted by molar-refractivity contribution is 9.10. The minimum absolute atomic E-state index is 0.0177. The van der Waals surface area contributed by atoms with Crippen molar-refractivity contribution in [1.29, 1.82) is 0 Å². The quantitative estimate of drug-likeness (QED) is 0.901. The predicted octanol–water partition coefficient (Wildman–Crippen LogP) is 3.33. The fourth-order valence-electron chi connectivity index (χ4n) is 1.81. The number of carbonyl (C=O) groups is 2. The number of para-hydroxylation sites is 1. The third-order valence-corrected chi connectivity index (χ3v) is 3.44. The SMILES string of the molecule is O=C(Cc1ccccc1C(=O)O)Nc1ccccc1Br. The molecule has 0 fully saturated rings. The maximum Gasteiger partial charge on any atom is 0.335 e. The average molecular weight is 334 g/mol. The van der Waals surface area contributed by atoms with E-state index in [4.69, 9.17) is 5.11 Å². The fourth-order valence-corrected chi connectivity index (χ4v) is 2.20. The Morgan fingerprint density at radius 3 is 2.40 bits per heavy atom. The van der Waals surface area contributed by atoms with E-state index in [2.05, 4.69) is 21.2 Å². The van der Waals surface area contributed by atoms with E-state index in [0.29, 0.717) is 11.3 Å². The summed E-state index contributed by atoms with van der Waals surface area (Å²) in [7, 11) is 0. The molecule has 0 heterocycles. The van der Waals surface area contributed by atoms with E-state index in [0.717, 1.165) is 4.47 Å². The van der Waals surface area contributed by atoms with Gasteiger partial charge in [0.05, 0.1) is 17.7 Å². The van der Waals surface area contributed by atoms with Crippen LogP contribution in [0.1, 0.15) is 15.9 Å². The zero-order chi connectivity index (χ0) is 14.5. The van der Waals surface area contributed by atoms with Crippen LogP contribution in [0.25, 0.3) is 0 Å². The molecule has 0 aliphatic rings. The van der Waals surface area contributed by atoms with Gasteiger partial charge in [0.25, 0.3) is 0 Å². The Morgan fingerprint density at radius 2 is 1.70 bits per heavy atom. The second kappa shape index (κ2) is 6.34. The van der Waals surface area contributed by atoms with E-state index in [1.54, 1.807) is 24.3 Å². The lowest BCUT2D eigenvalue weighted by atomic mass is 10.0. The van der Waals surface area contributed by atoms with Gasteiger partial charge in [0.2, 0.25) is 5.91 Å². The molecular formula is C15H12BrNO3. The normalized spacial score (nSPS) is 10.1. The Kier molecular flexibility index (Phi) is 4.53. The van der Waals surface area contributed by atoms with Crippen LogP contribution in [-0.2, 0) is 11.2 Å². The van der Waals surface area contributed by atoms with Crippen LogP contribution in [0.5, 0.6) is 0 Å². The van der Waals surface area contributed by atoms with Crippen molar-refractivity contribution in [2.24, 2.45) is 0 Å². The van der Waals surface area contributed by atoms with Crippen molar-refractivity contribution in [2.75, 3.05) is 5.32 Å². The van der Waals surface area contributed by atoms with Crippen molar-refractivity contribution in [1.82, 2.24) is 0 Å². The first-order valence-electron chi connectivity index (χ1n) is 5.93. The second-order valence-electron chi connectivity index (χ2n) is 4.17. The maximum absolute atomic E-state index is 12.0. The molecule has 4 nitrogen and oxygen atoms in total. The largest absolute Gasteiger partial charge is 0.478 e. The van der Waals surface area contributed by atoms with Gasteiger partial charge in [0, 0.05) is 4.47 Å². The molecule has 0 aliphatic carbocycles. The summed E-state index contributed by atoms with van der Waals surface area (Å²) in [5, 5.41) is 11.8. The van der Waals surface area contributed by atoms with Gasteiger partial charge in [-0.3, -0.25) is 4.79 Å². The van der Waals surface area contributed by atoms with Crippen molar-refractivity contribution in [3.05, 3.63) is 64.1 Å². The van der Waals surface area contributed by atoms with Gasteiger partial charge in [0.15, 0.2) is 0 Å². The van der Waals surface area contributed by atoms with Gasteiger partial charge in [0.1, 0.15) is 0 Å². The smallest absolute Gasteiger partial charge is 0.335 e. The zero-order valence-corrected chi connectivity index (χ0v) is 12.1. The van der Waals surface area contributed by atoms with Crippen LogP contribution < -0.4 is 5.32 Å². The first-order valence-corrected chi connectivity index (χ1v) is 6.73. The first kappa shape index (κ1) is 14.3. The zero-order valence-electron chi connectivity index (χ0n) is 10.5. The van der Waals surface area contributed by atoms with Crippen molar-refractivity contribution >= 4 is 33.5 Å². The minimum Gasteiger partial charge on any atom is -0.478 e. The molecule has 0 atom stereocenters. The maximum atomic E-state index is 12.0. The number of halogens is 1. The number of carboxylic acid groups (broad SMARTS) is 1. The van der Waals surface area contributed by atoms with E-state index >= 15 is 0 Å². The van der Waals surface area contributed by atoms with Crippen LogP contribution in [-0.4, -0.2) is 17.0 Å². The summed E-state index contributed by atoms with van der Waals surface area (Å²) < 4.78 is 0.778. The molecule has 0 aliphatic heterocycles. The molecule has 0 aromatic heterocycles. The fraction of sp³-hybridized carbons (Fsp3) is 0.0667. The topological polar surface area (TPSA) is 66.4 Å². The van der Waals surface area contributed by atoms with Crippen LogP contribution >= 0.6 is 15.9 Å². The lowest BCUT2D eigenvalue weighted by Gasteiger charge is -2.08. The number of anilines is 1. The average Bonchev–Trinajstić information content (AvgIpc) is 2.41. The standard InChI is InChI=1S/C15H12BrNO3/c16-12-7-3-4-8-13(12)17-14(18)9-10-5-1-2-6-11(10)15(19)20/h1-8H,9H2,(H,17,18)(H,19,20). The molecule has 0 saturated heterocycles. The Hall–Kier alpha value is -2.14. The highest BCUT2D eigenvalue weighted by Gasteiger charge is 2.13. The van der Waals surface area contributed by atoms with E-state index in [9.17, 15) is 9.59 Å². The van der Waals surface area contributed by atoms with Crippen LogP contribution in [0.3, 0.4) is 0 Å². The summed E-state index contributed by atoms with van der Waals surface area (Å²) in [4.78, 5) is 23.1. The van der Waals surface area contributed by atoms with Crippen LogP contribution in [0.15, 0.2) is 53.0 Å². The van der Waals surface area contributed by atoms with Crippen molar-refractivity contribution in [3.8, 4) is 0 Å². The molecule has 2 rings (SSSR count). The number of carboxylic acids is 1. The lowest BCUT2D eigenvalue weighted by molar-refractivity contribution is -0.115. The molecule has 0 radical (unpaired) electrons. The number of aromatic carboxylic acids is 1. The van der Waals surface area contributed by atoms with Gasteiger partial charge in [-0.2, -0.15) is 0 Å². The first-order chi connectivity index (χ1) is 9.58. The van der Waals surface area contributed by atoms with E-state index in [1.165, 1.54) is 6.07 Å². The number of carbonyl (C=O) groups excluding carboxylic acids is 1. The number of rotatable bonds is 4. The van der Waals surface area contributed by atoms with Crippen molar-refractivity contribution < 1.29 is 14.7 Å². The van der Waals surface area contributed by atoms with E-state index in [-0.39, 0.29) is 17.9 Å². The highest BCUT2D eigenvalue weighted by atomic mass is 79.9. The number of nitrogens with one attached hydrogen (secondary N) is 1. The Labute approximate surface area is 124 Å². The Bertz CT molecular complexity index is 655. The van der Waals surface area contributed by atoms with Gasteiger partial charge in [-0.1, -0.05) is 30.3 Å². The summed E-state index contributed by atoms with van der Waals surface area (Å²) in [6.07, 6.45) is 0.0177. The summed E-state index contributed by atoms with van der Waals surface area (Å²) in [5.41, 5.74) is 1.30. The monoisotopic (exact) mass is 333 g/mol. The number of hydrogen-bond donors (Lipinski definition) is 2. The van der Waals surface area contributed by atoms with E-state index < -0.39 is 5.97 Å². The van der Waals surface area contributed by atoms with Crippen molar-refractivity contribution in [2.45, 2.75) is 6.42 Å². The summed E-state index contributed by atoms with van der Waals surface area (Å²) in [5.74, 6) is -1.29. The lowest BCUT2D eigenvalue weighted by Crippen LogP contribution is -2.16. The third kappa shape index (κ3) is 3.45. The molecule has 0 spiro atoms. The molecule has 20 heavy (non-hydrogen) atoms. The van der Waals surface area contributed by atoms with E-state index in [1.807, 2.05) is 18.2 Å². The summed E-state index contributed by atoms with van der Waals surface area (Å²) in [6.45, 7) is 0. The molecule has 1 amide bonds. The highest BCUT2D eigenvalue weighted by Crippen LogP contribution is 2.21. The van der Waals surface area contributed by atoms with Crippen molar-refractivity contribution in [3.63, 3.8) is 0 Å². The molecular weight excluding hydrogens is 322 g/mol. The summed E-state index contributed by atoms with van der Waals surface area (Å²) >= 11 is 3.34. The van der Waals surface area contributed by atoms with Crippen LogP contribution in [0, 0.1) is 0 Å². The van der Waals surface area contributed by atoms with Crippen LogP contribution in [0.2, 0.25) is 0 Å².